The summed E-state index contributed by atoms with van der Waals surface area (Å²) in [5.41, 5.74) is 1.19. The summed E-state index contributed by atoms with van der Waals surface area (Å²) >= 11 is 6.16. The maximum atomic E-state index is 13.3. The first-order valence-electron chi connectivity index (χ1n) is 11.3. The van der Waals surface area contributed by atoms with Crippen molar-refractivity contribution in [1.82, 2.24) is 19.8 Å². The number of amides is 2. The van der Waals surface area contributed by atoms with Crippen LogP contribution in [-0.4, -0.2) is 39.6 Å². The van der Waals surface area contributed by atoms with Crippen molar-refractivity contribution in [3.8, 4) is 0 Å². The van der Waals surface area contributed by atoms with E-state index >= 15 is 0 Å². The van der Waals surface area contributed by atoms with E-state index in [1.165, 1.54) is 0 Å². The van der Waals surface area contributed by atoms with Gasteiger partial charge in [0, 0.05) is 18.1 Å². The third-order valence-corrected chi connectivity index (χ3v) is 5.71. The first kappa shape index (κ1) is 25.2. The minimum atomic E-state index is -0.529. The van der Waals surface area contributed by atoms with Crippen molar-refractivity contribution in [2.45, 2.75) is 46.3 Å². The largest absolute Gasteiger partial charge is 0.465 e. The minimum Gasteiger partial charge on any atom is -0.465 e. The highest BCUT2D eigenvalue weighted by Gasteiger charge is 2.29. The summed E-state index contributed by atoms with van der Waals surface area (Å²) in [5, 5.41) is 3.58. The molecule has 0 radical (unpaired) electrons. The number of carbonyl (C=O) groups is 2. The van der Waals surface area contributed by atoms with Crippen molar-refractivity contribution in [3.05, 3.63) is 75.3 Å². The number of esters is 1. The average molecular weight is 485 g/mol. The molecule has 0 spiro atoms. The van der Waals surface area contributed by atoms with Crippen LogP contribution in [0.2, 0.25) is 5.02 Å². The van der Waals surface area contributed by atoms with E-state index in [2.05, 4.69) is 5.32 Å². The number of benzene rings is 2. The monoisotopic (exact) mass is 484 g/mol. The molecule has 1 aromatic heterocycles. The fourth-order valence-electron chi connectivity index (χ4n) is 3.88. The van der Waals surface area contributed by atoms with Gasteiger partial charge in [-0.25, -0.2) is 9.78 Å². The van der Waals surface area contributed by atoms with E-state index < -0.39 is 18.0 Å². The summed E-state index contributed by atoms with van der Waals surface area (Å²) in [7, 11) is 0. The highest BCUT2D eigenvalue weighted by Crippen LogP contribution is 2.26. The molecule has 8 nitrogen and oxygen atoms in total. The van der Waals surface area contributed by atoms with Gasteiger partial charge in [-0.3, -0.25) is 14.2 Å². The zero-order valence-electron chi connectivity index (χ0n) is 19.6. The van der Waals surface area contributed by atoms with Gasteiger partial charge < -0.3 is 15.0 Å². The molecule has 0 saturated heterocycles. The van der Waals surface area contributed by atoms with Gasteiger partial charge >= 0.3 is 12.0 Å². The van der Waals surface area contributed by atoms with Crippen LogP contribution in [0.15, 0.2) is 53.3 Å². The van der Waals surface area contributed by atoms with E-state index in [-0.39, 0.29) is 25.3 Å². The third-order valence-electron chi connectivity index (χ3n) is 5.47. The van der Waals surface area contributed by atoms with Crippen LogP contribution in [0.1, 0.15) is 44.6 Å². The smallest absolute Gasteiger partial charge is 0.325 e. The van der Waals surface area contributed by atoms with E-state index in [1.54, 1.807) is 34.6 Å². The number of urea groups is 1. The Morgan fingerprint density at radius 3 is 2.53 bits per heavy atom. The summed E-state index contributed by atoms with van der Waals surface area (Å²) in [6.45, 7) is 6.12. The van der Waals surface area contributed by atoms with Crippen LogP contribution in [0.4, 0.5) is 4.79 Å². The summed E-state index contributed by atoms with van der Waals surface area (Å²) in [4.78, 5) is 44.8. The number of nitrogens with zero attached hydrogens (tertiary/aromatic N) is 3. The molecule has 2 aromatic carbocycles. The highest BCUT2D eigenvalue weighted by molar-refractivity contribution is 6.31. The third kappa shape index (κ3) is 5.75. The molecule has 2 amide bonds. The number of nitrogens with one attached hydrogen (secondary N) is 1. The summed E-state index contributed by atoms with van der Waals surface area (Å²) < 4.78 is 6.52. The fourth-order valence-corrected chi connectivity index (χ4v) is 4.05. The molecule has 1 N–H and O–H groups in total. The van der Waals surface area contributed by atoms with Crippen LogP contribution in [-0.2, 0) is 22.6 Å². The Morgan fingerprint density at radius 2 is 1.88 bits per heavy atom. The Kier molecular flexibility index (Phi) is 8.65. The second kappa shape index (κ2) is 11.7. The van der Waals surface area contributed by atoms with Crippen molar-refractivity contribution in [1.29, 1.82) is 0 Å². The minimum absolute atomic E-state index is 0.191. The molecular weight excluding hydrogens is 456 g/mol. The Hall–Kier alpha value is -3.39. The summed E-state index contributed by atoms with van der Waals surface area (Å²) in [6, 6.07) is 13.5. The molecule has 1 unspecified atom stereocenters. The van der Waals surface area contributed by atoms with Crippen LogP contribution >= 0.6 is 11.6 Å². The standard InChI is InChI=1S/C25H29ClN4O4/c1-4-21(23-28-20-14-18(26)12-13-19(20)24(32)29(23)5-2)30(16-17-10-8-7-9-11-17)25(33)27-15-22(31)34-6-3/h7-14,21H,4-6,15-16H2,1-3H3,(H,27,33). The first-order valence-corrected chi connectivity index (χ1v) is 11.7. The van der Waals surface area contributed by atoms with E-state index in [0.717, 1.165) is 5.56 Å². The van der Waals surface area contributed by atoms with Crippen LogP contribution in [0.3, 0.4) is 0 Å². The lowest BCUT2D eigenvalue weighted by Gasteiger charge is -2.32. The molecule has 9 heteroatoms. The van der Waals surface area contributed by atoms with Gasteiger partial charge in [-0.1, -0.05) is 48.9 Å². The topological polar surface area (TPSA) is 93.5 Å². The molecule has 0 aliphatic rings. The molecule has 0 aliphatic carbocycles. The van der Waals surface area contributed by atoms with Gasteiger partial charge in [-0.05, 0) is 44.0 Å². The molecule has 0 fully saturated rings. The molecule has 180 valence electrons. The molecule has 0 saturated carbocycles. The van der Waals surface area contributed by atoms with Gasteiger partial charge in [0.05, 0.1) is 23.6 Å². The summed E-state index contributed by atoms with van der Waals surface area (Å²) in [5.74, 6) is -0.0560. The molecule has 3 aromatic rings. The van der Waals surface area contributed by atoms with Crippen molar-refractivity contribution in [2.75, 3.05) is 13.2 Å². The zero-order chi connectivity index (χ0) is 24.7. The molecule has 3 rings (SSSR count). The number of rotatable bonds is 9. The molecule has 34 heavy (non-hydrogen) atoms. The number of halogens is 1. The first-order chi connectivity index (χ1) is 16.4. The predicted octanol–water partition coefficient (Wildman–Crippen LogP) is 4.30. The van der Waals surface area contributed by atoms with Crippen molar-refractivity contribution in [2.24, 2.45) is 0 Å². The maximum Gasteiger partial charge on any atom is 0.325 e. The quantitative estimate of drug-likeness (QED) is 0.457. The molecule has 1 atom stereocenters. The number of hydrogen-bond donors (Lipinski definition) is 1. The normalized spacial score (nSPS) is 11.8. The van der Waals surface area contributed by atoms with Gasteiger partial charge in [0.1, 0.15) is 12.4 Å². The SMILES string of the molecule is CCOC(=O)CNC(=O)N(Cc1ccccc1)C(CC)c1nc2cc(Cl)ccc2c(=O)n1CC. The van der Waals surface area contributed by atoms with Crippen LogP contribution < -0.4 is 10.9 Å². The molecule has 1 heterocycles. The van der Waals surface area contributed by atoms with Crippen LogP contribution in [0.5, 0.6) is 0 Å². The average Bonchev–Trinajstić information content (AvgIpc) is 2.83. The Balaban J connectivity index is 2.07. The Morgan fingerprint density at radius 1 is 1.15 bits per heavy atom. The van der Waals surface area contributed by atoms with Crippen molar-refractivity contribution >= 4 is 34.5 Å². The highest BCUT2D eigenvalue weighted by atomic mass is 35.5. The zero-order valence-corrected chi connectivity index (χ0v) is 20.3. The van der Waals surface area contributed by atoms with E-state index in [0.29, 0.717) is 34.7 Å². The summed E-state index contributed by atoms with van der Waals surface area (Å²) in [6.07, 6.45) is 0.498. The lowest BCUT2D eigenvalue weighted by atomic mass is 10.1. The number of aromatic nitrogens is 2. The number of fused-ring (bicyclic) bond motifs is 1. The Labute approximate surface area is 203 Å². The van der Waals surface area contributed by atoms with Gasteiger partial charge in [-0.2, -0.15) is 0 Å². The van der Waals surface area contributed by atoms with E-state index in [9.17, 15) is 14.4 Å². The van der Waals surface area contributed by atoms with Crippen LogP contribution in [0.25, 0.3) is 10.9 Å². The molecule has 0 bridgehead atoms. The van der Waals surface area contributed by atoms with Gasteiger partial charge in [0.15, 0.2) is 0 Å². The maximum absolute atomic E-state index is 13.3. The van der Waals surface area contributed by atoms with Gasteiger partial charge in [0.25, 0.3) is 5.56 Å². The lowest BCUT2D eigenvalue weighted by molar-refractivity contribution is -0.141. The molecular formula is C25H29ClN4O4. The van der Waals surface area contributed by atoms with E-state index in [4.69, 9.17) is 21.3 Å². The fraction of sp³-hybridized carbons (Fsp3) is 0.360. The number of carbonyl (C=O) groups excluding carboxylic acids is 2. The van der Waals surface area contributed by atoms with Crippen molar-refractivity contribution in [3.63, 3.8) is 0 Å². The number of ether oxygens (including phenoxy) is 1. The van der Waals surface area contributed by atoms with Crippen LogP contribution in [0, 0.1) is 0 Å². The van der Waals surface area contributed by atoms with E-state index in [1.807, 2.05) is 44.2 Å². The lowest BCUT2D eigenvalue weighted by Crippen LogP contribution is -2.45. The predicted molar refractivity (Wildman–Crippen MR) is 132 cm³/mol. The van der Waals surface area contributed by atoms with Gasteiger partial charge in [-0.15, -0.1) is 0 Å². The second-order valence-corrected chi connectivity index (χ2v) is 8.12. The molecule has 0 aliphatic heterocycles. The number of hydrogen-bond acceptors (Lipinski definition) is 5. The van der Waals surface area contributed by atoms with Gasteiger partial charge in [0.2, 0.25) is 0 Å². The second-order valence-electron chi connectivity index (χ2n) is 7.68. The Bertz CT molecular complexity index is 1210. The van der Waals surface area contributed by atoms with Crippen molar-refractivity contribution < 1.29 is 14.3 Å².